The number of ether oxygens (including phenoxy) is 1. The molecule has 1 aliphatic rings. The van der Waals surface area contributed by atoms with Gasteiger partial charge < -0.3 is 15.0 Å². The van der Waals surface area contributed by atoms with Crippen molar-refractivity contribution in [3.05, 3.63) is 0 Å². The summed E-state index contributed by atoms with van der Waals surface area (Å²) in [6.45, 7) is 2.57. The molecule has 1 N–H and O–H groups in total. The molecule has 0 saturated carbocycles. The van der Waals surface area contributed by atoms with Gasteiger partial charge in [0.1, 0.15) is 0 Å². The zero-order valence-electron chi connectivity index (χ0n) is 10.2. The van der Waals surface area contributed by atoms with Crippen molar-refractivity contribution < 1.29 is 19.1 Å². The maximum absolute atomic E-state index is 11.5. The Labute approximate surface area is 100 Å². The minimum absolute atomic E-state index is 0.0284. The van der Waals surface area contributed by atoms with Crippen molar-refractivity contribution in [2.75, 3.05) is 20.2 Å². The summed E-state index contributed by atoms with van der Waals surface area (Å²) >= 11 is 0. The summed E-state index contributed by atoms with van der Waals surface area (Å²) in [6, 6.07) is -0.137. The van der Waals surface area contributed by atoms with Crippen LogP contribution in [0, 0.1) is 0 Å². The minimum atomic E-state index is -0.373. The maximum Gasteiger partial charge on any atom is 0.306 e. The Morgan fingerprint density at radius 2 is 2.18 bits per heavy atom. The molecule has 1 heterocycles. The first-order valence-electron chi connectivity index (χ1n) is 5.72. The molecule has 17 heavy (non-hydrogen) atoms. The van der Waals surface area contributed by atoms with Crippen LogP contribution in [-0.2, 0) is 19.1 Å². The van der Waals surface area contributed by atoms with Crippen LogP contribution in [0.15, 0.2) is 0 Å². The van der Waals surface area contributed by atoms with Gasteiger partial charge in [0.05, 0.1) is 19.1 Å². The Bertz CT molecular complexity index is 317. The lowest BCUT2D eigenvalue weighted by Crippen LogP contribution is -2.36. The van der Waals surface area contributed by atoms with Gasteiger partial charge in [-0.15, -0.1) is 0 Å². The third-order valence-corrected chi connectivity index (χ3v) is 2.57. The molecule has 0 aromatic carbocycles. The van der Waals surface area contributed by atoms with E-state index in [9.17, 15) is 14.4 Å². The standard InChI is InChI=1S/C11H18N2O4/c1-3-17-11(16)5-4-9(14)12-8-6-10(15)13(2)7-8/h8H,3-7H2,1-2H3,(H,12,14). The van der Waals surface area contributed by atoms with Crippen LogP contribution in [0.5, 0.6) is 0 Å². The van der Waals surface area contributed by atoms with Crippen molar-refractivity contribution in [3.63, 3.8) is 0 Å². The van der Waals surface area contributed by atoms with Crippen molar-refractivity contribution in [1.82, 2.24) is 10.2 Å². The first-order valence-corrected chi connectivity index (χ1v) is 5.72. The summed E-state index contributed by atoms with van der Waals surface area (Å²) < 4.78 is 4.72. The normalized spacial score (nSPS) is 19.3. The highest BCUT2D eigenvalue weighted by molar-refractivity contribution is 5.84. The number of nitrogens with zero attached hydrogens (tertiary/aromatic N) is 1. The number of nitrogens with one attached hydrogen (secondary N) is 1. The largest absolute Gasteiger partial charge is 0.466 e. The van der Waals surface area contributed by atoms with Gasteiger partial charge in [-0.1, -0.05) is 0 Å². The number of likely N-dealkylation sites (N-methyl/N-ethyl adjacent to an activating group) is 1. The van der Waals surface area contributed by atoms with E-state index in [1.165, 1.54) is 0 Å². The third-order valence-electron chi connectivity index (χ3n) is 2.57. The van der Waals surface area contributed by atoms with Crippen LogP contribution in [0.3, 0.4) is 0 Å². The van der Waals surface area contributed by atoms with Crippen LogP contribution in [-0.4, -0.2) is 48.9 Å². The average Bonchev–Trinajstić information content (AvgIpc) is 2.55. The number of hydrogen-bond acceptors (Lipinski definition) is 4. The molecule has 1 aliphatic heterocycles. The van der Waals surface area contributed by atoms with Gasteiger partial charge in [-0.2, -0.15) is 0 Å². The monoisotopic (exact) mass is 242 g/mol. The molecule has 1 fully saturated rings. The van der Waals surface area contributed by atoms with E-state index < -0.39 is 0 Å². The van der Waals surface area contributed by atoms with Crippen molar-refractivity contribution >= 4 is 17.8 Å². The summed E-state index contributed by atoms with van der Waals surface area (Å²) in [5.41, 5.74) is 0. The highest BCUT2D eigenvalue weighted by atomic mass is 16.5. The predicted octanol–water partition coefficient (Wildman–Crippen LogP) is -0.323. The lowest BCUT2D eigenvalue weighted by molar-refractivity contribution is -0.144. The van der Waals surface area contributed by atoms with Gasteiger partial charge in [-0.05, 0) is 6.92 Å². The fourth-order valence-electron chi connectivity index (χ4n) is 1.71. The first kappa shape index (κ1) is 13.5. The van der Waals surface area contributed by atoms with Gasteiger partial charge in [0.2, 0.25) is 11.8 Å². The summed E-state index contributed by atoms with van der Waals surface area (Å²) in [5.74, 6) is -0.561. The van der Waals surface area contributed by atoms with Crippen LogP contribution in [0.1, 0.15) is 26.2 Å². The SMILES string of the molecule is CCOC(=O)CCC(=O)NC1CC(=O)N(C)C1. The number of hydrogen-bond donors (Lipinski definition) is 1. The molecule has 1 atom stereocenters. The van der Waals surface area contributed by atoms with Gasteiger partial charge in [0.15, 0.2) is 0 Å². The summed E-state index contributed by atoms with van der Waals surface area (Å²) in [4.78, 5) is 35.3. The number of likely N-dealkylation sites (tertiary alicyclic amines) is 1. The second-order valence-corrected chi connectivity index (χ2v) is 4.05. The summed E-state index contributed by atoms with van der Waals surface area (Å²) in [5, 5.41) is 2.73. The fraction of sp³-hybridized carbons (Fsp3) is 0.727. The predicted molar refractivity (Wildman–Crippen MR) is 60.1 cm³/mol. The molecule has 96 valence electrons. The molecule has 0 aromatic rings. The van der Waals surface area contributed by atoms with Crippen LogP contribution >= 0.6 is 0 Å². The van der Waals surface area contributed by atoms with E-state index in [1.54, 1.807) is 18.9 Å². The Kier molecular flexibility index (Phi) is 4.93. The van der Waals surface area contributed by atoms with E-state index in [1.807, 2.05) is 0 Å². The fourth-order valence-corrected chi connectivity index (χ4v) is 1.71. The highest BCUT2D eigenvalue weighted by Gasteiger charge is 2.27. The number of esters is 1. The topological polar surface area (TPSA) is 75.7 Å². The number of carbonyl (C=O) groups excluding carboxylic acids is 3. The van der Waals surface area contributed by atoms with Crippen LogP contribution in [0.25, 0.3) is 0 Å². The molecule has 1 rings (SSSR count). The minimum Gasteiger partial charge on any atom is -0.466 e. The average molecular weight is 242 g/mol. The molecule has 0 radical (unpaired) electrons. The molecule has 0 aromatic heterocycles. The van der Waals surface area contributed by atoms with E-state index in [2.05, 4.69) is 5.32 Å². The molecule has 0 aliphatic carbocycles. The number of amides is 2. The Morgan fingerprint density at radius 1 is 1.47 bits per heavy atom. The molecule has 1 saturated heterocycles. The van der Waals surface area contributed by atoms with E-state index in [4.69, 9.17) is 4.74 Å². The molecule has 2 amide bonds. The maximum atomic E-state index is 11.5. The van der Waals surface area contributed by atoms with Gasteiger partial charge in [0, 0.05) is 26.4 Å². The van der Waals surface area contributed by atoms with E-state index >= 15 is 0 Å². The summed E-state index contributed by atoms with van der Waals surface area (Å²) in [6.07, 6.45) is 0.519. The Morgan fingerprint density at radius 3 is 2.71 bits per heavy atom. The van der Waals surface area contributed by atoms with Crippen molar-refractivity contribution in [2.24, 2.45) is 0 Å². The van der Waals surface area contributed by atoms with Gasteiger partial charge >= 0.3 is 5.97 Å². The molecule has 1 unspecified atom stereocenters. The molecule has 0 spiro atoms. The first-order chi connectivity index (χ1) is 8.02. The Balaban J connectivity index is 2.22. The second-order valence-electron chi connectivity index (χ2n) is 4.05. The lowest BCUT2D eigenvalue weighted by Gasteiger charge is -2.12. The third kappa shape index (κ3) is 4.42. The molecular weight excluding hydrogens is 224 g/mol. The van der Waals surface area contributed by atoms with Crippen LogP contribution < -0.4 is 5.32 Å². The van der Waals surface area contributed by atoms with Gasteiger partial charge in [0.25, 0.3) is 0 Å². The van der Waals surface area contributed by atoms with E-state index in [0.29, 0.717) is 19.6 Å². The lowest BCUT2D eigenvalue weighted by atomic mass is 10.2. The second kappa shape index (κ2) is 6.22. The molecule has 6 heteroatoms. The molecule has 0 bridgehead atoms. The van der Waals surface area contributed by atoms with Crippen LogP contribution in [0.4, 0.5) is 0 Å². The van der Waals surface area contributed by atoms with Crippen LogP contribution in [0.2, 0.25) is 0 Å². The van der Waals surface area contributed by atoms with E-state index in [0.717, 1.165) is 0 Å². The van der Waals surface area contributed by atoms with Gasteiger partial charge in [-0.25, -0.2) is 0 Å². The quantitative estimate of drug-likeness (QED) is 0.670. The van der Waals surface area contributed by atoms with Gasteiger partial charge in [-0.3, -0.25) is 14.4 Å². The zero-order chi connectivity index (χ0) is 12.8. The highest BCUT2D eigenvalue weighted by Crippen LogP contribution is 2.08. The Hall–Kier alpha value is -1.59. The molecular formula is C11H18N2O4. The van der Waals surface area contributed by atoms with Crippen molar-refractivity contribution in [3.8, 4) is 0 Å². The number of rotatable bonds is 5. The van der Waals surface area contributed by atoms with Crippen molar-refractivity contribution in [1.29, 1.82) is 0 Å². The zero-order valence-corrected chi connectivity index (χ0v) is 10.2. The molecule has 6 nitrogen and oxygen atoms in total. The van der Waals surface area contributed by atoms with E-state index in [-0.39, 0.29) is 36.7 Å². The van der Waals surface area contributed by atoms with Crippen molar-refractivity contribution in [2.45, 2.75) is 32.2 Å². The summed E-state index contributed by atoms with van der Waals surface area (Å²) in [7, 11) is 1.70. The number of carbonyl (C=O) groups is 3. The smallest absolute Gasteiger partial charge is 0.306 e.